The Hall–Kier alpha value is -1.91. The number of aliphatic carboxylic acids is 1. The minimum Gasteiger partial charge on any atom is -0.481 e. The van der Waals surface area contributed by atoms with Crippen LogP contribution in [0.15, 0.2) is 23.8 Å². The number of Topliss-reactive ketones (excluding diaryl/α,β-unsaturated/α-hetero) is 1. The van der Waals surface area contributed by atoms with E-state index in [0.29, 0.717) is 30.0 Å². The van der Waals surface area contributed by atoms with Crippen molar-refractivity contribution in [2.24, 2.45) is 56.2 Å². The van der Waals surface area contributed by atoms with Gasteiger partial charge >= 0.3 is 11.9 Å². The highest BCUT2D eigenvalue weighted by molar-refractivity contribution is 6.01. The minimum absolute atomic E-state index is 0.111. The molecule has 0 aromatic carbocycles. The van der Waals surface area contributed by atoms with Gasteiger partial charge in [-0.25, -0.2) is 0 Å². The van der Waals surface area contributed by atoms with E-state index in [1.807, 2.05) is 0 Å². The summed E-state index contributed by atoms with van der Waals surface area (Å²) in [5.74, 6) is 0.656. The predicted octanol–water partition coefficient (Wildman–Crippen LogP) is 8.57. The Morgan fingerprint density at radius 3 is 2.24 bits per heavy atom. The van der Waals surface area contributed by atoms with Gasteiger partial charge in [0, 0.05) is 17.3 Å². The number of carbonyl (C=O) groups is 3. The highest BCUT2D eigenvalue weighted by atomic mass is 16.5. The van der Waals surface area contributed by atoms with Gasteiger partial charge in [-0.15, -0.1) is 6.58 Å². The third-order valence-electron chi connectivity index (χ3n) is 14.3. The Bertz CT molecular complexity index is 1220. The molecule has 0 bridgehead atoms. The van der Waals surface area contributed by atoms with E-state index < -0.39 is 17.4 Å². The standard InChI is InChI=1S/C37H56O5/c1-11-37-19-18-35(9)23(30(37)29(22(2)3)24(38)20-37)12-13-26-34(8)16-15-27(42-28(39)21-32(4,5)31(40)41)33(6,7)25(34)14-17-36(26,35)10/h11,22-23,25-27H,1,12-21H2,2-10H3,(H,40,41)/t23-,25+,26-,27+,34+,35-,36-,37+/m1/s1. The Labute approximate surface area is 254 Å². The first-order valence-corrected chi connectivity index (χ1v) is 16.6. The molecule has 5 aliphatic carbocycles. The quantitative estimate of drug-likeness (QED) is 0.251. The SMILES string of the molecule is C=C[C@@]12CC[C@]3(C)[C@H](CC[C@@H]4[C@@]5(C)CC[C@H](OC(=O)CC(C)(C)C(=O)O)C(C)(C)[C@@H]5CC[C@]43C)C1=C(C(C)C)C(=O)C2. The summed E-state index contributed by atoms with van der Waals surface area (Å²) in [6, 6.07) is 0. The zero-order valence-corrected chi connectivity index (χ0v) is 27.8. The van der Waals surface area contributed by atoms with Crippen molar-refractivity contribution in [1.29, 1.82) is 0 Å². The van der Waals surface area contributed by atoms with E-state index in [2.05, 4.69) is 61.1 Å². The predicted molar refractivity (Wildman–Crippen MR) is 166 cm³/mol. The third kappa shape index (κ3) is 4.17. The van der Waals surface area contributed by atoms with Gasteiger partial charge in [0.05, 0.1) is 11.8 Å². The van der Waals surface area contributed by atoms with Crippen LogP contribution in [0.25, 0.3) is 0 Å². The molecule has 5 rings (SSSR count). The van der Waals surface area contributed by atoms with Gasteiger partial charge in [-0.3, -0.25) is 14.4 Å². The molecule has 5 nitrogen and oxygen atoms in total. The Morgan fingerprint density at radius 1 is 0.976 bits per heavy atom. The first-order chi connectivity index (χ1) is 19.3. The van der Waals surface area contributed by atoms with E-state index in [-0.39, 0.29) is 45.5 Å². The molecule has 5 aliphatic rings. The van der Waals surface area contributed by atoms with Crippen LogP contribution in [-0.2, 0) is 19.1 Å². The lowest BCUT2D eigenvalue weighted by molar-refractivity contribution is -0.232. The highest BCUT2D eigenvalue weighted by Crippen LogP contribution is 2.76. The summed E-state index contributed by atoms with van der Waals surface area (Å²) in [5, 5.41) is 9.53. The van der Waals surface area contributed by atoms with Gasteiger partial charge in [0.2, 0.25) is 0 Å². The van der Waals surface area contributed by atoms with Crippen molar-refractivity contribution in [3.8, 4) is 0 Å². The van der Waals surface area contributed by atoms with Gasteiger partial charge in [0.25, 0.3) is 0 Å². The maximum Gasteiger partial charge on any atom is 0.309 e. The number of rotatable bonds is 6. The molecule has 5 heteroatoms. The minimum atomic E-state index is -1.14. The number of esters is 1. The van der Waals surface area contributed by atoms with Crippen molar-refractivity contribution in [3.05, 3.63) is 23.8 Å². The number of ketones is 1. The summed E-state index contributed by atoms with van der Waals surface area (Å²) in [5.41, 5.74) is 1.53. The number of hydrogen-bond donors (Lipinski definition) is 1. The van der Waals surface area contributed by atoms with Crippen LogP contribution in [0.5, 0.6) is 0 Å². The van der Waals surface area contributed by atoms with E-state index in [0.717, 1.165) is 50.5 Å². The second-order valence-corrected chi connectivity index (χ2v) is 17.3. The molecule has 0 saturated heterocycles. The van der Waals surface area contributed by atoms with Crippen LogP contribution in [0.4, 0.5) is 0 Å². The Kier molecular flexibility index (Phi) is 7.35. The molecule has 0 radical (unpaired) electrons. The van der Waals surface area contributed by atoms with Gasteiger partial charge in [-0.05, 0) is 116 Å². The van der Waals surface area contributed by atoms with E-state index in [4.69, 9.17) is 4.74 Å². The molecule has 0 aromatic rings. The zero-order valence-electron chi connectivity index (χ0n) is 27.8. The molecule has 8 atom stereocenters. The molecule has 0 amide bonds. The van der Waals surface area contributed by atoms with Gasteiger partial charge in [-0.2, -0.15) is 0 Å². The molecule has 0 heterocycles. The van der Waals surface area contributed by atoms with Gasteiger partial charge in [0.15, 0.2) is 5.78 Å². The maximum absolute atomic E-state index is 13.4. The van der Waals surface area contributed by atoms with Crippen LogP contribution in [0, 0.1) is 56.2 Å². The molecule has 4 fully saturated rings. The first-order valence-electron chi connectivity index (χ1n) is 16.6. The van der Waals surface area contributed by atoms with Crippen LogP contribution >= 0.6 is 0 Å². The van der Waals surface area contributed by atoms with Crippen LogP contribution in [0.3, 0.4) is 0 Å². The van der Waals surface area contributed by atoms with E-state index in [1.165, 1.54) is 12.0 Å². The highest BCUT2D eigenvalue weighted by Gasteiger charge is 2.70. The molecular formula is C37H56O5. The van der Waals surface area contributed by atoms with Crippen molar-refractivity contribution in [1.82, 2.24) is 0 Å². The van der Waals surface area contributed by atoms with Crippen molar-refractivity contribution in [2.45, 2.75) is 133 Å². The summed E-state index contributed by atoms with van der Waals surface area (Å²) >= 11 is 0. The average molecular weight is 581 g/mol. The van der Waals surface area contributed by atoms with E-state index in [1.54, 1.807) is 13.8 Å². The van der Waals surface area contributed by atoms with E-state index in [9.17, 15) is 19.5 Å². The number of carboxylic acid groups (broad SMARTS) is 1. The third-order valence-corrected chi connectivity index (χ3v) is 14.3. The lowest BCUT2D eigenvalue weighted by Crippen LogP contribution is -2.65. The van der Waals surface area contributed by atoms with Crippen LogP contribution in [0.2, 0.25) is 0 Å². The van der Waals surface area contributed by atoms with Crippen molar-refractivity contribution in [2.75, 3.05) is 0 Å². The molecule has 0 spiro atoms. The normalized spacial score (nSPS) is 42.8. The summed E-state index contributed by atoms with van der Waals surface area (Å²) < 4.78 is 6.12. The fourth-order valence-corrected chi connectivity index (χ4v) is 11.7. The van der Waals surface area contributed by atoms with Gasteiger partial charge in [0.1, 0.15) is 6.10 Å². The number of hydrogen-bond acceptors (Lipinski definition) is 4. The Balaban J connectivity index is 1.45. The topological polar surface area (TPSA) is 80.7 Å². The summed E-state index contributed by atoms with van der Waals surface area (Å²) in [6.45, 7) is 24.1. The largest absolute Gasteiger partial charge is 0.481 e. The fraction of sp³-hybridized carbons (Fsp3) is 0.811. The van der Waals surface area contributed by atoms with Crippen molar-refractivity contribution in [3.63, 3.8) is 0 Å². The fourth-order valence-electron chi connectivity index (χ4n) is 11.7. The molecule has 1 N–H and O–H groups in total. The molecule has 42 heavy (non-hydrogen) atoms. The molecule has 234 valence electrons. The first kappa shape index (κ1) is 31.5. The molecular weight excluding hydrogens is 524 g/mol. The summed E-state index contributed by atoms with van der Waals surface area (Å²) in [4.78, 5) is 38.0. The lowest BCUT2D eigenvalue weighted by Gasteiger charge is -2.72. The number of fused-ring (bicyclic) bond motifs is 7. The van der Waals surface area contributed by atoms with Crippen LogP contribution in [0.1, 0.15) is 127 Å². The molecule has 0 aromatic heterocycles. The van der Waals surface area contributed by atoms with E-state index >= 15 is 0 Å². The number of carboxylic acids is 1. The molecule has 0 aliphatic heterocycles. The second kappa shape index (κ2) is 9.80. The molecule has 0 unspecified atom stereocenters. The maximum atomic E-state index is 13.4. The number of carbonyl (C=O) groups excluding carboxylic acids is 2. The summed E-state index contributed by atoms with van der Waals surface area (Å²) in [6.07, 6.45) is 11.0. The van der Waals surface area contributed by atoms with Crippen LogP contribution in [-0.4, -0.2) is 28.9 Å². The van der Waals surface area contributed by atoms with Crippen molar-refractivity contribution < 1.29 is 24.2 Å². The molecule has 4 saturated carbocycles. The van der Waals surface area contributed by atoms with Crippen LogP contribution < -0.4 is 0 Å². The average Bonchev–Trinajstić information content (AvgIpc) is 3.18. The zero-order chi connectivity index (χ0) is 31.3. The number of allylic oxidation sites excluding steroid dienone is 3. The Morgan fingerprint density at radius 2 is 1.64 bits per heavy atom. The second-order valence-electron chi connectivity index (χ2n) is 17.3. The number of ether oxygens (including phenoxy) is 1. The van der Waals surface area contributed by atoms with Gasteiger partial charge < -0.3 is 9.84 Å². The van der Waals surface area contributed by atoms with Gasteiger partial charge in [-0.1, -0.05) is 54.5 Å². The lowest BCUT2D eigenvalue weighted by atomic mass is 9.33. The smallest absolute Gasteiger partial charge is 0.309 e. The van der Waals surface area contributed by atoms with Crippen molar-refractivity contribution >= 4 is 17.7 Å². The monoisotopic (exact) mass is 580 g/mol. The summed E-state index contributed by atoms with van der Waals surface area (Å²) in [7, 11) is 0.